The summed E-state index contributed by atoms with van der Waals surface area (Å²) in [6.45, 7) is 0.843. The van der Waals surface area contributed by atoms with Crippen molar-refractivity contribution >= 4 is 11.7 Å². The Balaban J connectivity index is 1.38. The van der Waals surface area contributed by atoms with Gasteiger partial charge in [0.2, 0.25) is 5.91 Å². The number of ether oxygens (including phenoxy) is 1. The number of carbonyl (C=O) groups excluding carboxylic acids is 2. The SMILES string of the molecule is O=C(CCC(=O)c1ccc2c(c1)CCCC2)NCCOc1ccccc1. The molecule has 0 saturated heterocycles. The van der Waals surface area contributed by atoms with Crippen molar-refractivity contribution in [1.82, 2.24) is 5.32 Å². The van der Waals surface area contributed by atoms with E-state index in [0.29, 0.717) is 13.2 Å². The maximum Gasteiger partial charge on any atom is 0.220 e. The van der Waals surface area contributed by atoms with Crippen LogP contribution in [0, 0.1) is 0 Å². The Morgan fingerprint density at radius 3 is 2.50 bits per heavy atom. The fraction of sp³-hybridized carbons (Fsp3) is 0.364. The fourth-order valence-electron chi connectivity index (χ4n) is 3.24. The van der Waals surface area contributed by atoms with Crippen LogP contribution in [0.1, 0.15) is 47.2 Å². The third kappa shape index (κ3) is 5.19. The molecule has 26 heavy (non-hydrogen) atoms. The molecule has 1 N–H and O–H groups in total. The monoisotopic (exact) mass is 351 g/mol. The normalized spacial score (nSPS) is 12.9. The molecule has 1 amide bonds. The van der Waals surface area contributed by atoms with Crippen LogP contribution in [-0.2, 0) is 17.6 Å². The van der Waals surface area contributed by atoms with E-state index < -0.39 is 0 Å². The van der Waals surface area contributed by atoms with Crippen LogP contribution < -0.4 is 10.1 Å². The van der Waals surface area contributed by atoms with Crippen molar-refractivity contribution in [3.63, 3.8) is 0 Å². The van der Waals surface area contributed by atoms with Gasteiger partial charge in [-0.25, -0.2) is 0 Å². The molecule has 0 spiro atoms. The Kier molecular flexibility index (Phi) is 6.42. The summed E-state index contributed by atoms with van der Waals surface area (Å²) in [4.78, 5) is 24.2. The van der Waals surface area contributed by atoms with Gasteiger partial charge in [-0.2, -0.15) is 0 Å². The highest BCUT2D eigenvalue weighted by Gasteiger charge is 2.14. The molecular weight excluding hydrogens is 326 g/mol. The molecule has 2 aromatic rings. The van der Waals surface area contributed by atoms with E-state index in [1.54, 1.807) is 0 Å². The zero-order chi connectivity index (χ0) is 18.2. The quantitative estimate of drug-likeness (QED) is 0.582. The molecule has 1 aliphatic rings. The first-order valence-corrected chi connectivity index (χ1v) is 9.32. The van der Waals surface area contributed by atoms with Crippen LogP contribution in [0.2, 0.25) is 0 Å². The van der Waals surface area contributed by atoms with Crippen LogP contribution in [0.5, 0.6) is 5.75 Å². The number of Topliss-reactive ketones (excluding diaryl/α,β-unsaturated/α-hetero) is 1. The number of hydrogen-bond donors (Lipinski definition) is 1. The zero-order valence-corrected chi connectivity index (χ0v) is 15.0. The largest absolute Gasteiger partial charge is 0.492 e. The van der Waals surface area contributed by atoms with Crippen LogP contribution in [-0.4, -0.2) is 24.8 Å². The van der Waals surface area contributed by atoms with Gasteiger partial charge in [-0.3, -0.25) is 9.59 Å². The molecule has 3 rings (SSSR count). The predicted molar refractivity (Wildman–Crippen MR) is 102 cm³/mol. The zero-order valence-electron chi connectivity index (χ0n) is 15.0. The smallest absolute Gasteiger partial charge is 0.220 e. The minimum Gasteiger partial charge on any atom is -0.492 e. The highest BCUT2D eigenvalue weighted by Crippen LogP contribution is 2.22. The minimum absolute atomic E-state index is 0.0362. The molecule has 4 nitrogen and oxygen atoms in total. The molecule has 0 unspecified atom stereocenters. The van der Waals surface area contributed by atoms with Crippen LogP contribution >= 0.6 is 0 Å². The van der Waals surface area contributed by atoms with Crippen molar-refractivity contribution in [3.05, 3.63) is 65.2 Å². The number of nitrogens with one attached hydrogen (secondary N) is 1. The first-order chi connectivity index (χ1) is 12.7. The summed E-state index contributed by atoms with van der Waals surface area (Å²) in [6.07, 6.45) is 5.04. The minimum atomic E-state index is -0.118. The van der Waals surface area contributed by atoms with Crippen molar-refractivity contribution in [2.45, 2.75) is 38.5 Å². The standard InChI is InChI=1S/C22H25NO3/c24-21(19-11-10-17-6-4-5-7-18(17)16-19)12-13-22(25)23-14-15-26-20-8-2-1-3-9-20/h1-3,8-11,16H,4-7,12-15H2,(H,23,25). The molecule has 0 atom stereocenters. The summed E-state index contributed by atoms with van der Waals surface area (Å²) in [5.74, 6) is 0.700. The topological polar surface area (TPSA) is 55.4 Å². The van der Waals surface area contributed by atoms with Crippen molar-refractivity contribution in [2.75, 3.05) is 13.2 Å². The lowest BCUT2D eigenvalue weighted by molar-refractivity contribution is -0.121. The summed E-state index contributed by atoms with van der Waals surface area (Å²) < 4.78 is 5.52. The Hall–Kier alpha value is -2.62. The highest BCUT2D eigenvalue weighted by atomic mass is 16.5. The molecule has 2 aromatic carbocycles. The second-order valence-corrected chi connectivity index (χ2v) is 6.63. The highest BCUT2D eigenvalue weighted by molar-refractivity contribution is 5.98. The van der Waals surface area contributed by atoms with Gasteiger partial charge in [-0.1, -0.05) is 30.3 Å². The summed E-state index contributed by atoms with van der Waals surface area (Å²) >= 11 is 0. The van der Waals surface area contributed by atoms with Gasteiger partial charge in [0.25, 0.3) is 0 Å². The van der Waals surface area contributed by atoms with E-state index in [1.165, 1.54) is 24.0 Å². The van der Waals surface area contributed by atoms with Gasteiger partial charge < -0.3 is 10.1 Å². The molecule has 0 bridgehead atoms. The molecule has 0 radical (unpaired) electrons. The van der Waals surface area contributed by atoms with E-state index in [0.717, 1.165) is 24.2 Å². The second-order valence-electron chi connectivity index (χ2n) is 6.63. The van der Waals surface area contributed by atoms with Crippen LogP contribution in [0.15, 0.2) is 48.5 Å². The lowest BCUT2D eigenvalue weighted by atomic mass is 9.89. The van der Waals surface area contributed by atoms with E-state index in [9.17, 15) is 9.59 Å². The average molecular weight is 351 g/mol. The third-order valence-corrected chi connectivity index (χ3v) is 4.69. The van der Waals surface area contributed by atoms with E-state index in [2.05, 4.69) is 11.4 Å². The second kappa shape index (κ2) is 9.18. The number of ketones is 1. The van der Waals surface area contributed by atoms with E-state index in [1.807, 2.05) is 42.5 Å². The van der Waals surface area contributed by atoms with Crippen molar-refractivity contribution in [3.8, 4) is 5.75 Å². The van der Waals surface area contributed by atoms with Gasteiger partial charge in [0.15, 0.2) is 5.78 Å². The van der Waals surface area contributed by atoms with Crippen LogP contribution in [0.25, 0.3) is 0 Å². The Morgan fingerprint density at radius 2 is 1.69 bits per heavy atom. The molecule has 4 heteroatoms. The maximum atomic E-state index is 12.3. The number of hydrogen-bond acceptors (Lipinski definition) is 3. The summed E-state index contributed by atoms with van der Waals surface area (Å²) in [6, 6.07) is 15.5. The number of para-hydroxylation sites is 1. The molecule has 136 valence electrons. The van der Waals surface area contributed by atoms with E-state index >= 15 is 0 Å². The lowest BCUT2D eigenvalue weighted by Crippen LogP contribution is -2.28. The van der Waals surface area contributed by atoms with Crippen molar-refractivity contribution in [2.24, 2.45) is 0 Å². The molecular formula is C22H25NO3. The molecule has 0 aromatic heterocycles. The molecule has 0 heterocycles. The van der Waals surface area contributed by atoms with E-state index in [-0.39, 0.29) is 24.5 Å². The number of fused-ring (bicyclic) bond motifs is 1. The van der Waals surface area contributed by atoms with E-state index in [4.69, 9.17) is 4.74 Å². The van der Waals surface area contributed by atoms with Gasteiger partial charge in [-0.15, -0.1) is 0 Å². The number of amides is 1. The molecule has 0 fully saturated rings. The summed E-state index contributed by atoms with van der Waals surface area (Å²) in [7, 11) is 0. The van der Waals surface area contributed by atoms with Crippen molar-refractivity contribution in [1.29, 1.82) is 0 Å². The molecule has 0 saturated carbocycles. The van der Waals surface area contributed by atoms with Crippen LogP contribution in [0.3, 0.4) is 0 Å². The number of aryl methyl sites for hydroxylation is 2. The Bertz CT molecular complexity index is 755. The Labute approximate surface area is 154 Å². The molecule has 0 aliphatic heterocycles. The summed E-state index contributed by atoms with van der Waals surface area (Å²) in [5, 5.41) is 2.79. The first kappa shape index (κ1) is 18.2. The lowest BCUT2D eigenvalue weighted by Gasteiger charge is -2.16. The molecule has 1 aliphatic carbocycles. The number of carbonyl (C=O) groups is 2. The maximum absolute atomic E-state index is 12.3. The third-order valence-electron chi connectivity index (χ3n) is 4.69. The first-order valence-electron chi connectivity index (χ1n) is 9.32. The average Bonchev–Trinajstić information content (AvgIpc) is 2.70. The predicted octanol–water partition coefficient (Wildman–Crippen LogP) is 3.72. The number of benzene rings is 2. The van der Waals surface area contributed by atoms with Gasteiger partial charge in [-0.05, 0) is 55.0 Å². The fourth-order valence-corrected chi connectivity index (χ4v) is 3.24. The number of rotatable bonds is 8. The van der Waals surface area contributed by atoms with Gasteiger partial charge in [0.05, 0.1) is 6.54 Å². The van der Waals surface area contributed by atoms with Crippen LogP contribution in [0.4, 0.5) is 0 Å². The summed E-state index contributed by atoms with van der Waals surface area (Å²) in [5.41, 5.74) is 3.39. The Morgan fingerprint density at radius 1 is 0.923 bits per heavy atom. The van der Waals surface area contributed by atoms with Gasteiger partial charge in [0, 0.05) is 18.4 Å². The van der Waals surface area contributed by atoms with Gasteiger partial charge >= 0.3 is 0 Å². The van der Waals surface area contributed by atoms with Crippen molar-refractivity contribution < 1.29 is 14.3 Å². The van der Waals surface area contributed by atoms with Gasteiger partial charge in [0.1, 0.15) is 12.4 Å².